The third-order valence-corrected chi connectivity index (χ3v) is 9.44. The number of amides is 2. The number of para-hydroxylation sites is 1. The van der Waals surface area contributed by atoms with Crippen LogP contribution in [-0.2, 0) is 14.4 Å². The van der Waals surface area contributed by atoms with Crippen molar-refractivity contribution in [1.29, 1.82) is 0 Å². The molecule has 32 heavy (non-hydrogen) atoms. The number of fused-ring (bicyclic) bond motifs is 1. The molecule has 0 aromatic heterocycles. The van der Waals surface area contributed by atoms with Crippen LogP contribution in [-0.4, -0.2) is 68.1 Å². The van der Waals surface area contributed by atoms with E-state index in [4.69, 9.17) is 11.6 Å². The van der Waals surface area contributed by atoms with Crippen LogP contribution in [0, 0.1) is 18.8 Å². The van der Waals surface area contributed by atoms with Gasteiger partial charge in [-0.1, -0.05) is 29.8 Å². The van der Waals surface area contributed by atoms with E-state index in [2.05, 4.69) is 6.58 Å². The molecule has 3 fully saturated rings. The van der Waals surface area contributed by atoms with Crippen LogP contribution in [0.25, 0.3) is 0 Å². The lowest BCUT2D eigenvalue weighted by molar-refractivity contribution is -0.150. The van der Waals surface area contributed by atoms with E-state index >= 15 is 0 Å². The van der Waals surface area contributed by atoms with Crippen molar-refractivity contribution in [2.45, 2.75) is 42.2 Å². The summed E-state index contributed by atoms with van der Waals surface area (Å²) in [5, 5.41) is 20.1. The number of nitrogens with zero attached hydrogens (tertiary/aromatic N) is 2. The molecule has 4 rings (SSSR count). The molecule has 3 aliphatic rings. The number of aliphatic hydroxyl groups is 1. The maximum Gasteiger partial charge on any atom is 0.308 e. The van der Waals surface area contributed by atoms with Gasteiger partial charge in [-0.15, -0.1) is 18.3 Å². The van der Waals surface area contributed by atoms with Crippen molar-refractivity contribution < 1.29 is 24.6 Å². The number of benzene rings is 1. The SMILES string of the molecule is C=CCN(C(=O)C1N(CCO)C(=O)[C@@H]2[C@@H](C(=O)O)[C@@]3(C)CCC12S3)c1c(C)cccc1Cl. The highest BCUT2D eigenvalue weighted by Gasteiger charge is 2.77. The number of aryl methyl sites for hydroxylation is 1. The fourth-order valence-corrected chi connectivity index (χ4v) is 8.63. The number of halogens is 1. The van der Waals surface area contributed by atoms with Crippen LogP contribution in [0.3, 0.4) is 0 Å². The zero-order chi connectivity index (χ0) is 23.4. The number of hydrogen-bond donors (Lipinski definition) is 2. The number of β-amino-alcohol motifs (C(OH)–C–C–N with tert-alkyl or cyclic N) is 1. The van der Waals surface area contributed by atoms with E-state index in [1.807, 2.05) is 19.9 Å². The van der Waals surface area contributed by atoms with Gasteiger partial charge in [0.05, 0.1) is 33.9 Å². The van der Waals surface area contributed by atoms with Gasteiger partial charge in [0, 0.05) is 17.8 Å². The lowest BCUT2D eigenvalue weighted by Crippen LogP contribution is -2.55. The topological polar surface area (TPSA) is 98.2 Å². The third kappa shape index (κ3) is 3.10. The summed E-state index contributed by atoms with van der Waals surface area (Å²) < 4.78 is -1.46. The number of aliphatic carboxylic acids is 1. The minimum absolute atomic E-state index is 0.0272. The first-order valence-electron chi connectivity index (χ1n) is 10.6. The summed E-state index contributed by atoms with van der Waals surface area (Å²) in [7, 11) is 0. The highest BCUT2D eigenvalue weighted by molar-refractivity contribution is 8.02. The van der Waals surface area contributed by atoms with Gasteiger partial charge in [0.25, 0.3) is 5.91 Å². The van der Waals surface area contributed by atoms with Crippen molar-refractivity contribution >= 4 is 46.8 Å². The maximum absolute atomic E-state index is 14.2. The average Bonchev–Trinajstić information content (AvgIpc) is 3.28. The molecule has 172 valence electrons. The van der Waals surface area contributed by atoms with Crippen LogP contribution < -0.4 is 4.90 Å². The number of thioether (sulfide) groups is 1. The Morgan fingerprint density at radius 2 is 2.12 bits per heavy atom. The van der Waals surface area contributed by atoms with Gasteiger partial charge in [0.15, 0.2) is 0 Å². The number of anilines is 1. The Labute approximate surface area is 196 Å². The maximum atomic E-state index is 14.2. The molecular weight excluding hydrogens is 452 g/mol. The Balaban J connectivity index is 1.84. The molecule has 2 amide bonds. The zero-order valence-corrected chi connectivity index (χ0v) is 19.7. The van der Waals surface area contributed by atoms with Crippen LogP contribution >= 0.6 is 23.4 Å². The van der Waals surface area contributed by atoms with Crippen LogP contribution in [0.15, 0.2) is 30.9 Å². The minimum atomic E-state index is -1.01. The van der Waals surface area contributed by atoms with Gasteiger partial charge in [-0.2, -0.15) is 0 Å². The van der Waals surface area contributed by atoms with Crippen molar-refractivity contribution in [2.24, 2.45) is 11.8 Å². The average molecular weight is 479 g/mol. The van der Waals surface area contributed by atoms with Crippen molar-refractivity contribution in [3.8, 4) is 0 Å². The monoisotopic (exact) mass is 478 g/mol. The Kier molecular flexibility index (Phi) is 5.84. The summed E-state index contributed by atoms with van der Waals surface area (Å²) in [5.74, 6) is -3.38. The first kappa shape index (κ1) is 23.1. The van der Waals surface area contributed by atoms with E-state index in [9.17, 15) is 24.6 Å². The molecule has 3 heterocycles. The summed E-state index contributed by atoms with van der Waals surface area (Å²) in [6, 6.07) is 4.47. The van der Waals surface area contributed by atoms with Gasteiger partial charge in [-0.05, 0) is 38.3 Å². The molecule has 2 unspecified atom stereocenters. The summed E-state index contributed by atoms with van der Waals surface area (Å²) in [6.45, 7) is 7.37. The van der Waals surface area contributed by atoms with Crippen molar-refractivity contribution in [3.05, 3.63) is 41.4 Å². The van der Waals surface area contributed by atoms with Crippen LogP contribution in [0.2, 0.25) is 5.02 Å². The molecule has 3 saturated heterocycles. The quantitative estimate of drug-likeness (QED) is 0.585. The summed E-state index contributed by atoms with van der Waals surface area (Å²) in [5.41, 5.74) is 1.35. The molecule has 1 spiro atoms. The second kappa shape index (κ2) is 8.08. The highest BCUT2D eigenvalue weighted by atomic mass is 35.5. The van der Waals surface area contributed by atoms with Gasteiger partial charge < -0.3 is 20.0 Å². The summed E-state index contributed by atoms with van der Waals surface area (Å²) >= 11 is 7.95. The standard InChI is InChI=1S/C23H27ClN2O5S/c1-4-10-25(17-13(2)6-5-7-14(17)24)20(29)18-23-9-8-22(3,32-23)16(21(30)31)15(23)19(28)26(18)11-12-27/h4-7,15-16,18,27H,1,8-12H2,2-3H3,(H,30,31)/t15-,16-,18?,22+,23?/m0/s1. The zero-order valence-electron chi connectivity index (χ0n) is 18.1. The normalized spacial score (nSPS) is 32.8. The molecule has 0 saturated carbocycles. The number of carbonyl (C=O) groups excluding carboxylic acids is 2. The fraction of sp³-hybridized carbons (Fsp3) is 0.522. The van der Waals surface area contributed by atoms with Gasteiger partial charge in [0.1, 0.15) is 6.04 Å². The molecule has 1 aromatic carbocycles. The smallest absolute Gasteiger partial charge is 0.308 e. The van der Waals surface area contributed by atoms with Gasteiger partial charge in [-0.3, -0.25) is 14.4 Å². The number of hydrogen-bond acceptors (Lipinski definition) is 5. The molecule has 5 atom stereocenters. The number of carboxylic acids is 1. The first-order valence-corrected chi connectivity index (χ1v) is 11.8. The minimum Gasteiger partial charge on any atom is -0.481 e. The molecule has 9 heteroatoms. The molecule has 3 aliphatic heterocycles. The van der Waals surface area contributed by atoms with E-state index in [0.29, 0.717) is 23.6 Å². The van der Waals surface area contributed by atoms with Crippen molar-refractivity contribution in [1.82, 2.24) is 4.90 Å². The second-order valence-corrected chi connectivity index (χ2v) is 11.3. The van der Waals surface area contributed by atoms with Crippen molar-refractivity contribution in [3.63, 3.8) is 0 Å². The number of carboxylic acid groups (broad SMARTS) is 1. The van der Waals surface area contributed by atoms with Gasteiger partial charge >= 0.3 is 5.97 Å². The largest absolute Gasteiger partial charge is 0.481 e. The lowest BCUT2D eigenvalue weighted by Gasteiger charge is -2.37. The van der Waals surface area contributed by atoms with E-state index < -0.39 is 33.3 Å². The molecule has 1 aromatic rings. The van der Waals surface area contributed by atoms with Gasteiger partial charge in [0.2, 0.25) is 5.91 Å². The lowest BCUT2D eigenvalue weighted by atomic mass is 9.66. The molecular formula is C23H27ClN2O5S. The van der Waals surface area contributed by atoms with E-state index in [0.717, 1.165) is 5.56 Å². The Hall–Kier alpha value is -2.03. The van der Waals surface area contributed by atoms with Crippen LogP contribution in [0.4, 0.5) is 5.69 Å². The van der Waals surface area contributed by atoms with Crippen molar-refractivity contribution in [2.75, 3.05) is 24.6 Å². The van der Waals surface area contributed by atoms with Crippen LogP contribution in [0.5, 0.6) is 0 Å². The molecule has 2 bridgehead atoms. The van der Waals surface area contributed by atoms with Gasteiger partial charge in [-0.25, -0.2) is 0 Å². The summed E-state index contributed by atoms with van der Waals surface area (Å²) in [6.07, 6.45) is 2.78. The number of likely N-dealkylation sites (tertiary alicyclic amines) is 1. The van der Waals surface area contributed by atoms with E-state index in [-0.39, 0.29) is 31.5 Å². The number of aliphatic hydroxyl groups excluding tert-OH is 1. The van der Waals surface area contributed by atoms with Crippen LogP contribution in [0.1, 0.15) is 25.3 Å². The Morgan fingerprint density at radius 1 is 1.41 bits per heavy atom. The Bertz CT molecular complexity index is 982. The second-order valence-electron chi connectivity index (χ2n) is 8.96. The highest BCUT2D eigenvalue weighted by Crippen LogP contribution is 2.71. The molecule has 0 aliphatic carbocycles. The molecule has 0 radical (unpaired) electrons. The first-order chi connectivity index (χ1) is 15.1. The van der Waals surface area contributed by atoms with E-state index in [1.165, 1.54) is 21.6 Å². The molecule has 7 nitrogen and oxygen atoms in total. The number of rotatable bonds is 7. The Morgan fingerprint density at radius 3 is 2.72 bits per heavy atom. The fourth-order valence-electron chi connectivity index (χ4n) is 5.96. The van der Waals surface area contributed by atoms with E-state index in [1.54, 1.807) is 18.2 Å². The third-order valence-electron chi connectivity index (χ3n) is 7.15. The molecule has 2 N–H and O–H groups in total. The predicted molar refractivity (Wildman–Crippen MR) is 124 cm³/mol. The number of carbonyl (C=O) groups is 3. The summed E-state index contributed by atoms with van der Waals surface area (Å²) in [4.78, 5) is 42.8. The predicted octanol–water partition coefficient (Wildman–Crippen LogP) is 2.73.